The van der Waals surface area contributed by atoms with Gasteiger partial charge in [0, 0.05) is 37.8 Å². The van der Waals surface area contributed by atoms with Crippen molar-refractivity contribution < 1.29 is 4.79 Å². The van der Waals surface area contributed by atoms with Crippen molar-refractivity contribution in [1.82, 2.24) is 20.1 Å². The fraction of sp³-hybridized carbons (Fsp3) is 0.444. The van der Waals surface area contributed by atoms with Gasteiger partial charge in [0.05, 0.1) is 5.52 Å². The molecule has 2 heterocycles. The molecule has 1 aromatic carbocycles. The van der Waals surface area contributed by atoms with Crippen molar-refractivity contribution >= 4 is 16.9 Å². The zero-order valence-corrected chi connectivity index (χ0v) is 13.8. The minimum Gasteiger partial charge on any atom is -0.334 e. The lowest BCUT2D eigenvalue weighted by molar-refractivity contribution is 0.205. The molecular weight excluding hydrogens is 288 g/mol. The van der Waals surface area contributed by atoms with E-state index in [0.717, 1.165) is 42.5 Å². The molecule has 2 aromatic rings. The Labute approximate surface area is 137 Å². The second-order valence-electron chi connectivity index (χ2n) is 6.51. The lowest BCUT2D eigenvalue weighted by atomic mass is 10.1. The molecule has 0 aliphatic carbocycles. The molecule has 1 aliphatic rings. The molecule has 1 N–H and O–H groups in total. The molecular formula is C18H24N4O. The molecule has 1 atom stereocenters. The van der Waals surface area contributed by atoms with Gasteiger partial charge in [-0.05, 0) is 44.1 Å². The Morgan fingerprint density at radius 1 is 1.35 bits per heavy atom. The number of hydrogen-bond donors (Lipinski definition) is 1. The average Bonchev–Trinajstić information content (AvgIpc) is 3.00. The minimum absolute atomic E-state index is 0.0344. The SMILES string of the molecule is CN(C)C[C@@H]1CCN(C(=O)NCc2ccnc3ccccc23)C1. The third-order valence-corrected chi connectivity index (χ3v) is 4.37. The maximum absolute atomic E-state index is 12.4. The van der Waals surface area contributed by atoms with Gasteiger partial charge in [0.25, 0.3) is 0 Å². The first-order valence-electron chi connectivity index (χ1n) is 8.13. The monoisotopic (exact) mass is 312 g/mol. The Bertz CT molecular complexity index is 680. The molecule has 0 spiro atoms. The van der Waals surface area contributed by atoms with Crippen LogP contribution in [0.2, 0.25) is 0 Å². The molecule has 0 radical (unpaired) electrons. The van der Waals surface area contributed by atoms with Gasteiger partial charge in [0.15, 0.2) is 0 Å². The summed E-state index contributed by atoms with van der Waals surface area (Å²) in [7, 11) is 4.16. The quantitative estimate of drug-likeness (QED) is 0.942. The lowest BCUT2D eigenvalue weighted by Gasteiger charge is -2.19. The molecule has 122 valence electrons. The molecule has 0 saturated carbocycles. The van der Waals surface area contributed by atoms with Crippen LogP contribution >= 0.6 is 0 Å². The zero-order valence-electron chi connectivity index (χ0n) is 13.8. The van der Waals surface area contributed by atoms with Crippen LogP contribution in [-0.2, 0) is 6.54 Å². The van der Waals surface area contributed by atoms with Crippen molar-refractivity contribution in [3.05, 3.63) is 42.1 Å². The molecule has 1 aliphatic heterocycles. The van der Waals surface area contributed by atoms with E-state index < -0.39 is 0 Å². The van der Waals surface area contributed by atoms with Crippen molar-refractivity contribution in [3.8, 4) is 0 Å². The molecule has 1 aromatic heterocycles. The highest BCUT2D eigenvalue weighted by molar-refractivity contribution is 5.82. The fourth-order valence-electron chi connectivity index (χ4n) is 3.27. The topological polar surface area (TPSA) is 48.5 Å². The highest BCUT2D eigenvalue weighted by atomic mass is 16.2. The van der Waals surface area contributed by atoms with E-state index in [2.05, 4.69) is 29.3 Å². The minimum atomic E-state index is 0.0344. The van der Waals surface area contributed by atoms with Crippen molar-refractivity contribution in [2.45, 2.75) is 13.0 Å². The zero-order chi connectivity index (χ0) is 16.2. The average molecular weight is 312 g/mol. The maximum Gasteiger partial charge on any atom is 0.317 e. The smallest absolute Gasteiger partial charge is 0.317 e. The summed E-state index contributed by atoms with van der Waals surface area (Å²) in [6.45, 7) is 3.28. The summed E-state index contributed by atoms with van der Waals surface area (Å²) in [5, 5.41) is 4.15. The van der Waals surface area contributed by atoms with E-state index in [1.54, 1.807) is 6.20 Å². The van der Waals surface area contributed by atoms with Gasteiger partial charge in [-0.3, -0.25) is 4.98 Å². The van der Waals surface area contributed by atoms with Gasteiger partial charge in [-0.2, -0.15) is 0 Å². The van der Waals surface area contributed by atoms with Crippen LogP contribution in [0.1, 0.15) is 12.0 Å². The first-order chi connectivity index (χ1) is 11.1. The highest BCUT2D eigenvalue weighted by Crippen LogP contribution is 2.18. The Balaban J connectivity index is 1.59. The van der Waals surface area contributed by atoms with E-state index >= 15 is 0 Å². The van der Waals surface area contributed by atoms with Crippen LogP contribution in [0, 0.1) is 5.92 Å². The number of benzene rings is 1. The van der Waals surface area contributed by atoms with Gasteiger partial charge in [-0.15, -0.1) is 0 Å². The largest absolute Gasteiger partial charge is 0.334 e. The van der Waals surface area contributed by atoms with Crippen molar-refractivity contribution in [2.75, 3.05) is 33.7 Å². The Morgan fingerprint density at radius 3 is 3.00 bits per heavy atom. The van der Waals surface area contributed by atoms with Crippen LogP contribution in [0.25, 0.3) is 10.9 Å². The molecule has 23 heavy (non-hydrogen) atoms. The fourth-order valence-corrected chi connectivity index (χ4v) is 3.27. The molecule has 1 saturated heterocycles. The van der Waals surface area contributed by atoms with E-state index in [-0.39, 0.29) is 6.03 Å². The van der Waals surface area contributed by atoms with Crippen LogP contribution in [0.3, 0.4) is 0 Å². The summed E-state index contributed by atoms with van der Waals surface area (Å²) in [6, 6.07) is 10.0. The van der Waals surface area contributed by atoms with Crippen molar-refractivity contribution in [2.24, 2.45) is 5.92 Å². The third kappa shape index (κ3) is 3.79. The number of pyridine rings is 1. The number of nitrogens with one attached hydrogen (secondary N) is 1. The number of amides is 2. The number of carbonyl (C=O) groups is 1. The van der Waals surface area contributed by atoms with Crippen LogP contribution < -0.4 is 5.32 Å². The number of urea groups is 1. The summed E-state index contributed by atoms with van der Waals surface area (Å²) in [6.07, 6.45) is 2.89. The summed E-state index contributed by atoms with van der Waals surface area (Å²) >= 11 is 0. The molecule has 5 nitrogen and oxygen atoms in total. The molecule has 5 heteroatoms. The molecule has 2 amide bonds. The van der Waals surface area contributed by atoms with Crippen LogP contribution in [0.5, 0.6) is 0 Å². The van der Waals surface area contributed by atoms with E-state index in [1.807, 2.05) is 35.2 Å². The van der Waals surface area contributed by atoms with Crippen molar-refractivity contribution in [1.29, 1.82) is 0 Å². The number of rotatable bonds is 4. The van der Waals surface area contributed by atoms with Gasteiger partial charge in [0.1, 0.15) is 0 Å². The highest BCUT2D eigenvalue weighted by Gasteiger charge is 2.26. The summed E-state index contributed by atoms with van der Waals surface area (Å²) in [4.78, 5) is 20.8. The van der Waals surface area contributed by atoms with E-state index in [1.165, 1.54) is 0 Å². The summed E-state index contributed by atoms with van der Waals surface area (Å²) in [5.74, 6) is 0.581. The first-order valence-corrected chi connectivity index (χ1v) is 8.13. The van der Waals surface area contributed by atoms with Crippen molar-refractivity contribution in [3.63, 3.8) is 0 Å². The van der Waals surface area contributed by atoms with Crippen LogP contribution in [0.4, 0.5) is 4.79 Å². The van der Waals surface area contributed by atoms with Crippen LogP contribution in [-0.4, -0.2) is 54.5 Å². The van der Waals surface area contributed by atoms with E-state index in [4.69, 9.17) is 0 Å². The molecule has 3 rings (SSSR count). The molecule has 0 bridgehead atoms. The number of para-hydroxylation sites is 1. The second-order valence-corrected chi connectivity index (χ2v) is 6.51. The predicted molar refractivity (Wildman–Crippen MR) is 92.2 cm³/mol. The number of likely N-dealkylation sites (tertiary alicyclic amines) is 1. The van der Waals surface area contributed by atoms with Gasteiger partial charge in [0.2, 0.25) is 0 Å². The summed E-state index contributed by atoms with van der Waals surface area (Å²) in [5.41, 5.74) is 2.07. The number of hydrogen-bond acceptors (Lipinski definition) is 3. The van der Waals surface area contributed by atoms with Gasteiger partial charge in [-0.25, -0.2) is 4.79 Å². The lowest BCUT2D eigenvalue weighted by Crippen LogP contribution is -2.38. The third-order valence-electron chi connectivity index (χ3n) is 4.37. The van der Waals surface area contributed by atoms with Gasteiger partial charge >= 0.3 is 6.03 Å². The van der Waals surface area contributed by atoms with Gasteiger partial charge < -0.3 is 15.1 Å². The maximum atomic E-state index is 12.4. The number of nitrogens with zero attached hydrogens (tertiary/aromatic N) is 3. The standard InChI is InChI=1S/C18H24N4O/c1-21(2)12-14-8-10-22(13-14)18(23)20-11-15-7-9-19-17-6-4-3-5-16(15)17/h3-7,9,14H,8,10-13H2,1-2H3,(H,20,23)/t14-/m0/s1. The Kier molecular flexibility index (Phi) is 4.76. The number of aromatic nitrogens is 1. The second kappa shape index (κ2) is 6.96. The molecule has 0 unspecified atom stereocenters. The van der Waals surface area contributed by atoms with Gasteiger partial charge in [-0.1, -0.05) is 18.2 Å². The van der Waals surface area contributed by atoms with Crippen LogP contribution in [0.15, 0.2) is 36.5 Å². The summed E-state index contributed by atoms with van der Waals surface area (Å²) < 4.78 is 0. The van der Waals surface area contributed by atoms with E-state index in [0.29, 0.717) is 12.5 Å². The van der Waals surface area contributed by atoms with E-state index in [9.17, 15) is 4.79 Å². The predicted octanol–water partition coefficient (Wildman–Crippen LogP) is 2.33. The molecule has 1 fully saturated rings. The Hall–Kier alpha value is -2.14. The normalized spacial score (nSPS) is 17.9. The number of fused-ring (bicyclic) bond motifs is 1. The Morgan fingerprint density at radius 2 is 2.17 bits per heavy atom. The first kappa shape index (κ1) is 15.7. The number of carbonyl (C=O) groups excluding carboxylic acids is 1.